The van der Waals surface area contributed by atoms with Gasteiger partial charge in [-0.15, -0.1) is 0 Å². The lowest BCUT2D eigenvalue weighted by Gasteiger charge is -2.07. The lowest BCUT2D eigenvalue weighted by Crippen LogP contribution is -2.12. The van der Waals surface area contributed by atoms with E-state index in [-0.39, 0.29) is 4.90 Å². The maximum atomic E-state index is 13.2. The molecule has 5 nitrogen and oxygen atoms in total. The standard InChI is InChI=1S/C19H14BrN3O2S/c1-13-4-6-16(7-5-13)26(24,25)23-12-18(14-3-2-8-21-10-14)17-9-15(20)11-22-19(17)23/h2-12H,1H3. The second-order valence-electron chi connectivity index (χ2n) is 5.92. The van der Waals surface area contributed by atoms with Crippen LogP contribution in [0.15, 0.2) is 76.6 Å². The molecule has 7 heteroatoms. The van der Waals surface area contributed by atoms with Crippen LogP contribution in [0.25, 0.3) is 22.2 Å². The average Bonchev–Trinajstić information content (AvgIpc) is 3.02. The van der Waals surface area contributed by atoms with Crippen LogP contribution in [0.4, 0.5) is 0 Å². The van der Waals surface area contributed by atoms with Gasteiger partial charge in [-0.05, 0) is 47.1 Å². The van der Waals surface area contributed by atoms with Gasteiger partial charge in [-0.1, -0.05) is 23.8 Å². The van der Waals surface area contributed by atoms with Crippen molar-refractivity contribution >= 4 is 37.0 Å². The van der Waals surface area contributed by atoms with E-state index in [1.807, 2.05) is 25.1 Å². The lowest BCUT2D eigenvalue weighted by atomic mass is 10.1. The quantitative estimate of drug-likeness (QED) is 0.485. The highest BCUT2D eigenvalue weighted by atomic mass is 79.9. The Labute approximate surface area is 159 Å². The van der Waals surface area contributed by atoms with Crippen LogP contribution < -0.4 is 0 Å². The number of fused-ring (bicyclic) bond motifs is 1. The van der Waals surface area contributed by atoms with Crippen molar-refractivity contribution in [1.82, 2.24) is 13.9 Å². The molecule has 0 aliphatic heterocycles. The molecule has 3 aromatic heterocycles. The van der Waals surface area contributed by atoms with E-state index in [0.717, 1.165) is 26.5 Å². The minimum Gasteiger partial charge on any atom is -0.264 e. The van der Waals surface area contributed by atoms with Gasteiger partial charge >= 0.3 is 0 Å². The molecule has 0 bridgehead atoms. The topological polar surface area (TPSA) is 64.8 Å². The minimum absolute atomic E-state index is 0.224. The smallest absolute Gasteiger partial charge is 0.264 e. The summed E-state index contributed by atoms with van der Waals surface area (Å²) in [7, 11) is -3.76. The first-order valence-corrected chi connectivity index (χ1v) is 10.1. The summed E-state index contributed by atoms with van der Waals surface area (Å²) in [5.74, 6) is 0. The minimum atomic E-state index is -3.76. The van der Waals surface area contributed by atoms with E-state index in [1.165, 1.54) is 3.97 Å². The number of aromatic nitrogens is 3. The number of halogens is 1. The number of pyridine rings is 2. The zero-order valence-electron chi connectivity index (χ0n) is 13.8. The Balaban J connectivity index is 2.01. The van der Waals surface area contributed by atoms with E-state index in [4.69, 9.17) is 0 Å². The van der Waals surface area contributed by atoms with E-state index in [1.54, 1.807) is 49.1 Å². The third kappa shape index (κ3) is 2.83. The van der Waals surface area contributed by atoms with E-state index in [0.29, 0.717) is 5.65 Å². The van der Waals surface area contributed by atoms with Gasteiger partial charge in [-0.3, -0.25) is 4.98 Å². The molecule has 0 amide bonds. The van der Waals surface area contributed by atoms with Gasteiger partial charge in [0, 0.05) is 45.8 Å². The molecule has 4 aromatic rings. The monoisotopic (exact) mass is 427 g/mol. The molecule has 0 unspecified atom stereocenters. The molecule has 0 fully saturated rings. The highest BCUT2D eigenvalue weighted by Crippen LogP contribution is 2.33. The van der Waals surface area contributed by atoms with Crippen molar-refractivity contribution < 1.29 is 8.42 Å². The number of aryl methyl sites for hydroxylation is 1. The molecule has 1 aromatic carbocycles. The Hall–Kier alpha value is -2.51. The van der Waals surface area contributed by atoms with Gasteiger partial charge < -0.3 is 0 Å². The maximum absolute atomic E-state index is 13.2. The van der Waals surface area contributed by atoms with Crippen LogP contribution in [0.2, 0.25) is 0 Å². The van der Waals surface area contributed by atoms with E-state index >= 15 is 0 Å². The van der Waals surface area contributed by atoms with Gasteiger partial charge in [0.1, 0.15) is 0 Å². The van der Waals surface area contributed by atoms with Crippen LogP contribution in [-0.2, 0) is 10.0 Å². The summed E-state index contributed by atoms with van der Waals surface area (Å²) >= 11 is 3.41. The molecular formula is C19H14BrN3O2S. The molecule has 0 spiro atoms. The maximum Gasteiger partial charge on any atom is 0.269 e. The molecule has 130 valence electrons. The Bertz CT molecular complexity index is 1200. The highest BCUT2D eigenvalue weighted by molar-refractivity contribution is 9.10. The molecule has 3 heterocycles. The second-order valence-corrected chi connectivity index (χ2v) is 8.65. The Morgan fingerprint density at radius 1 is 1.08 bits per heavy atom. The number of hydrogen-bond acceptors (Lipinski definition) is 4. The molecule has 4 rings (SSSR count). The first kappa shape index (κ1) is 16.9. The zero-order chi connectivity index (χ0) is 18.3. The van der Waals surface area contributed by atoms with Crippen LogP contribution in [0, 0.1) is 6.92 Å². The van der Waals surface area contributed by atoms with Crippen molar-refractivity contribution in [2.24, 2.45) is 0 Å². The molecule has 0 saturated carbocycles. The van der Waals surface area contributed by atoms with Gasteiger partial charge in [0.05, 0.1) is 4.90 Å². The number of rotatable bonds is 3. The van der Waals surface area contributed by atoms with Crippen molar-refractivity contribution in [3.63, 3.8) is 0 Å². The molecule has 0 atom stereocenters. The average molecular weight is 428 g/mol. The second kappa shape index (κ2) is 6.34. The molecule has 26 heavy (non-hydrogen) atoms. The van der Waals surface area contributed by atoms with Crippen LogP contribution in [0.1, 0.15) is 5.56 Å². The summed E-state index contributed by atoms with van der Waals surface area (Å²) in [6.45, 7) is 1.92. The lowest BCUT2D eigenvalue weighted by molar-refractivity contribution is 0.589. The fraction of sp³-hybridized carbons (Fsp3) is 0.0526. The Kier molecular flexibility index (Phi) is 4.13. The van der Waals surface area contributed by atoms with Crippen LogP contribution >= 0.6 is 15.9 Å². The zero-order valence-corrected chi connectivity index (χ0v) is 16.2. The van der Waals surface area contributed by atoms with Crippen molar-refractivity contribution in [2.45, 2.75) is 11.8 Å². The number of nitrogens with zero attached hydrogens (tertiary/aromatic N) is 3. The largest absolute Gasteiger partial charge is 0.269 e. The van der Waals surface area contributed by atoms with Gasteiger partial charge in [0.15, 0.2) is 5.65 Å². The summed E-state index contributed by atoms with van der Waals surface area (Å²) in [4.78, 5) is 8.72. The third-order valence-corrected chi connectivity index (χ3v) is 6.23. The SMILES string of the molecule is Cc1ccc(S(=O)(=O)n2cc(-c3cccnc3)c3cc(Br)cnc32)cc1. The van der Waals surface area contributed by atoms with Crippen molar-refractivity contribution in [3.8, 4) is 11.1 Å². The van der Waals surface area contributed by atoms with Crippen LogP contribution in [0.3, 0.4) is 0 Å². The van der Waals surface area contributed by atoms with Gasteiger partial charge in [0.2, 0.25) is 0 Å². The fourth-order valence-corrected chi connectivity index (χ4v) is 4.47. The summed E-state index contributed by atoms with van der Waals surface area (Å²) in [6, 6.07) is 12.4. The fourth-order valence-electron chi connectivity index (χ4n) is 2.81. The van der Waals surface area contributed by atoms with Crippen molar-refractivity contribution in [2.75, 3.05) is 0 Å². The summed E-state index contributed by atoms with van der Waals surface area (Å²) in [5.41, 5.74) is 2.97. The Morgan fingerprint density at radius 3 is 2.54 bits per heavy atom. The van der Waals surface area contributed by atoms with Crippen molar-refractivity contribution in [3.05, 3.63) is 77.3 Å². The van der Waals surface area contributed by atoms with E-state index < -0.39 is 10.0 Å². The van der Waals surface area contributed by atoms with Gasteiger partial charge in [-0.25, -0.2) is 17.4 Å². The third-order valence-electron chi connectivity index (χ3n) is 4.13. The summed E-state index contributed by atoms with van der Waals surface area (Å²) < 4.78 is 28.4. The van der Waals surface area contributed by atoms with Gasteiger partial charge in [0.25, 0.3) is 10.0 Å². The highest BCUT2D eigenvalue weighted by Gasteiger charge is 2.23. The first-order chi connectivity index (χ1) is 12.5. The molecule has 0 radical (unpaired) electrons. The summed E-state index contributed by atoms with van der Waals surface area (Å²) in [5, 5.41) is 0.739. The van der Waals surface area contributed by atoms with E-state index in [2.05, 4.69) is 25.9 Å². The first-order valence-electron chi connectivity index (χ1n) is 7.86. The predicted octanol–water partition coefficient (Wildman–Crippen LogP) is 4.41. The number of hydrogen-bond donors (Lipinski definition) is 0. The van der Waals surface area contributed by atoms with Crippen LogP contribution in [-0.4, -0.2) is 22.4 Å². The normalized spacial score (nSPS) is 11.8. The number of benzene rings is 1. The van der Waals surface area contributed by atoms with Crippen molar-refractivity contribution in [1.29, 1.82) is 0 Å². The molecular weight excluding hydrogens is 414 g/mol. The summed E-state index contributed by atoms with van der Waals surface area (Å²) in [6.07, 6.45) is 6.59. The molecule has 0 aliphatic rings. The van der Waals surface area contributed by atoms with Gasteiger partial charge in [-0.2, -0.15) is 0 Å². The van der Waals surface area contributed by atoms with E-state index in [9.17, 15) is 8.42 Å². The van der Waals surface area contributed by atoms with Crippen LogP contribution in [0.5, 0.6) is 0 Å². The molecule has 0 saturated heterocycles. The molecule has 0 N–H and O–H groups in total. The Morgan fingerprint density at radius 2 is 1.85 bits per heavy atom. The molecule has 0 aliphatic carbocycles. The predicted molar refractivity (Wildman–Crippen MR) is 104 cm³/mol.